The van der Waals surface area contributed by atoms with E-state index >= 15 is 0 Å². The Bertz CT molecular complexity index is 311. The van der Waals surface area contributed by atoms with Gasteiger partial charge in [0.25, 0.3) is 0 Å². The van der Waals surface area contributed by atoms with E-state index in [1.807, 2.05) is 0 Å². The summed E-state index contributed by atoms with van der Waals surface area (Å²) in [5.41, 5.74) is 0.137. The minimum atomic E-state index is -0.236. The average molecular weight is 194 g/mol. The monoisotopic (exact) mass is 194 g/mol. The van der Waals surface area contributed by atoms with Crippen LogP contribution in [0.2, 0.25) is 0 Å². The highest BCUT2D eigenvalue weighted by atomic mass is 16.3. The fraction of sp³-hybridized carbons (Fsp3) is 0.917. The third kappa shape index (κ3) is 0.660. The number of rotatable bonds is 0. The standard InChI is InChI=1S/C12H18O2/c1-11-4-3-9(13)8-5-7(11)6-10(14)12(8,11)2/h7-8,10,14H,3-6H2,1-2H3. The lowest BCUT2D eigenvalue weighted by Gasteiger charge is -2.46. The third-order valence-corrected chi connectivity index (χ3v) is 5.86. The molecule has 0 heterocycles. The van der Waals surface area contributed by atoms with Gasteiger partial charge in [-0.25, -0.2) is 0 Å². The van der Waals surface area contributed by atoms with Gasteiger partial charge in [0.15, 0.2) is 0 Å². The second-order valence-electron chi connectivity index (χ2n) is 5.90. The third-order valence-electron chi connectivity index (χ3n) is 5.86. The van der Waals surface area contributed by atoms with Crippen molar-refractivity contribution in [2.75, 3.05) is 0 Å². The van der Waals surface area contributed by atoms with E-state index in [0.29, 0.717) is 11.7 Å². The van der Waals surface area contributed by atoms with Gasteiger partial charge in [0, 0.05) is 17.8 Å². The molecular formula is C12H18O2. The average Bonchev–Trinajstić information content (AvgIpc) is 2.39. The van der Waals surface area contributed by atoms with E-state index in [1.54, 1.807) is 0 Å². The second-order valence-corrected chi connectivity index (χ2v) is 5.90. The lowest BCUT2D eigenvalue weighted by atomic mass is 9.58. The number of Topliss-reactive ketones (excluding diaryl/α,β-unsaturated/α-hetero) is 1. The molecule has 4 bridgehead atoms. The Labute approximate surface area is 84.7 Å². The quantitative estimate of drug-likeness (QED) is 0.638. The highest BCUT2D eigenvalue weighted by Crippen LogP contribution is 2.72. The Kier molecular flexibility index (Phi) is 1.42. The zero-order valence-corrected chi connectivity index (χ0v) is 8.92. The van der Waals surface area contributed by atoms with Gasteiger partial charge < -0.3 is 5.11 Å². The molecule has 14 heavy (non-hydrogen) atoms. The van der Waals surface area contributed by atoms with Gasteiger partial charge in [-0.3, -0.25) is 4.79 Å². The van der Waals surface area contributed by atoms with E-state index < -0.39 is 0 Å². The van der Waals surface area contributed by atoms with Crippen LogP contribution in [0.5, 0.6) is 0 Å². The lowest BCUT2D eigenvalue weighted by molar-refractivity contribution is -0.139. The van der Waals surface area contributed by atoms with Gasteiger partial charge in [0.1, 0.15) is 5.78 Å². The maximum absolute atomic E-state index is 11.8. The van der Waals surface area contributed by atoms with Gasteiger partial charge in [-0.1, -0.05) is 13.8 Å². The normalized spacial score (nSPS) is 60.8. The number of aliphatic hydroxyl groups excluding tert-OH is 1. The molecule has 3 aliphatic rings. The van der Waals surface area contributed by atoms with E-state index in [9.17, 15) is 9.90 Å². The van der Waals surface area contributed by atoms with Gasteiger partial charge in [-0.05, 0) is 30.6 Å². The Morgan fingerprint density at radius 3 is 2.71 bits per heavy atom. The van der Waals surface area contributed by atoms with Crippen LogP contribution in [0, 0.1) is 22.7 Å². The largest absolute Gasteiger partial charge is 0.393 e. The minimum absolute atomic E-state index is 0.104. The highest BCUT2D eigenvalue weighted by Gasteiger charge is 2.70. The topological polar surface area (TPSA) is 37.3 Å². The van der Waals surface area contributed by atoms with Gasteiger partial charge in [0.05, 0.1) is 6.10 Å². The van der Waals surface area contributed by atoms with Gasteiger partial charge in [0.2, 0.25) is 0 Å². The summed E-state index contributed by atoms with van der Waals surface area (Å²) in [4.78, 5) is 11.8. The molecule has 0 aromatic rings. The van der Waals surface area contributed by atoms with Crippen molar-refractivity contribution in [1.29, 1.82) is 0 Å². The number of hydrogen-bond donors (Lipinski definition) is 1. The summed E-state index contributed by atoms with van der Waals surface area (Å²) in [7, 11) is 0. The number of aliphatic hydroxyl groups is 1. The molecule has 5 atom stereocenters. The molecule has 3 saturated carbocycles. The molecule has 2 nitrogen and oxygen atoms in total. The molecule has 2 heteroatoms. The molecule has 78 valence electrons. The van der Waals surface area contributed by atoms with E-state index in [0.717, 1.165) is 25.7 Å². The van der Waals surface area contributed by atoms with Crippen molar-refractivity contribution in [1.82, 2.24) is 0 Å². The summed E-state index contributed by atoms with van der Waals surface area (Å²) in [6.45, 7) is 4.44. The Hall–Kier alpha value is -0.370. The van der Waals surface area contributed by atoms with Crippen LogP contribution in [0.1, 0.15) is 39.5 Å². The van der Waals surface area contributed by atoms with Crippen LogP contribution in [-0.2, 0) is 4.79 Å². The van der Waals surface area contributed by atoms with Crippen LogP contribution >= 0.6 is 0 Å². The summed E-state index contributed by atoms with van der Waals surface area (Å²) in [6.07, 6.45) is 3.49. The summed E-state index contributed by atoms with van der Waals surface area (Å²) < 4.78 is 0. The number of ketones is 1. The first-order valence-electron chi connectivity index (χ1n) is 5.71. The maximum atomic E-state index is 11.8. The number of carbonyl (C=O) groups excluding carboxylic acids is 1. The van der Waals surface area contributed by atoms with Crippen LogP contribution in [-0.4, -0.2) is 17.0 Å². The fourth-order valence-corrected chi connectivity index (χ4v) is 4.61. The van der Waals surface area contributed by atoms with Crippen LogP contribution in [0.15, 0.2) is 0 Å². The molecule has 0 spiro atoms. The van der Waals surface area contributed by atoms with Crippen molar-refractivity contribution in [3.8, 4) is 0 Å². The van der Waals surface area contributed by atoms with E-state index in [-0.39, 0.29) is 22.9 Å². The first kappa shape index (κ1) is 8.90. The van der Waals surface area contributed by atoms with Crippen LogP contribution < -0.4 is 0 Å². The SMILES string of the molecule is CC12CCC(=O)C3CC1CC(O)C32C. The number of hydrogen-bond acceptors (Lipinski definition) is 2. The molecule has 0 aromatic carbocycles. The highest BCUT2D eigenvalue weighted by molar-refractivity contribution is 5.84. The van der Waals surface area contributed by atoms with Crippen molar-refractivity contribution >= 4 is 5.78 Å². The molecule has 3 fully saturated rings. The molecule has 0 amide bonds. The molecule has 0 aliphatic heterocycles. The zero-order valence-electron chi connectivity index (χ0n) is 8.92. The molecule has 3 rings (SSSR count). The van der Waals surface area contributed by atoms with Crippen molar-refractivity contribution < 1.29 is 9.90 Å². The molecular weight excluding hydrogens is 176 g/mol. The van der Waals surface area contributed by atoms with Crippen molar-refractivity contribution in [2.24, 2.45) is 22.7 Å². The Morgan fingerprint density at radius 1 is 1.36 bits per heavy atom. The van der Waals surface area contributed by atoms with E-state index in [4.69, 9.17) is 0 Å². The molecule has 0 radical (unpaired) electrons. The Balaban J connectivity index is 2.15. The lowest BCUT2D eigenvalue weighted by Crippen LogP contribution is -2.48. The van der Waals surface area contributed by atoms with Gasteiger partial charge in [-0.15, -0.1) is 0 Å². The molecule has 3 aliphatic carbocycles. The molecule has 0 saturated heterocycles. The second kappa shape index (κ2) is 2.24. The Morgan fingerprint density at radius 2 is 2.07 bits per heavy atom. The predicted molar refractivity (Wildman–Crippen MR) is 52.7 cm³/mol. The number of carbonyl (C=O) groups is 1. The van der Waals surface area contributed by atoms with E-state index in [2.05, 4.69) is 13.8 Å². The predicted octanol–water partition coefficient (Wildman–Crippen LogP) is 1.76. The molecule has 0 aromatic heterocycles. The first-order chi connectivity index (χ1) is 6.50. The zero-order chi connectivity index (χ0) is 10.1. The van der Waals surface area contributed by atoms with Gasteiger partial charge >= 0.3 is 0 Å². The summed E-state index contributed by atoms with van der Waals surface area (Å²) in [5, 5.41) is 10.1. The van der Waals surface area contributed by atoms with Crippen molar-refractivity contribution in [2.45, 2.75) is 45.6 Å². The van der Waals surface area contributed by atoms with E-state index in [1.165, 1.54) is 0 Å². The van der Waals surface area contributed by atoms with Crippen LogP contribution in [0.4, 0.5) is 0 Å². The van der Waals surface area contributed by atoms with Crippen LogP contribution in [0.25, 0.3) is 0 Å². The first-order valence-corrected chi connectivity index (χ1v) is 5.71. The van der Waals surface area contributed by atoms with Gasteiger partial charge in [-0.2, -0.15) is 0 Å². The van der Waals surface area contributed by atoms with Crippen molar-refractivity contribution in [3.63, 3.8) is 0 Å². The maximum Gasteiger partial charge on any atom is 0.136 e. The summed E-state index contributed by atoms with van der Waals surface area (Å²) in [5.74, 6) is 1.17. The molecule has 5 unspecified atom stereocenters. The minimum Gasteiger partial charge on any atom is -0.393 e. The molecule has 1 N–H and O–H groups in total. The van der Waals surface area contributed by atoms with Crippen LogP contribution in [0.3, 0.4) is 0 Å². The fourth-order valence-electron chi connectivity index (χ4n) is 4.61. The van der Waals surface area contributed by atoms with Crippen molar-refractivity contribution in [3.05, 3.63) is 0 Å². The summed E-state index contributed by atoms with van der Waals surface area (Å²) in [6, 6.07) is 0. The summed E-state index contributed by atoms with van der Waals surface area (Å²) >= 11 is 0. The smallest absolute Gasteiger partial charge is 0.136 e.